The Hall–Kier alpha value is -1.17. The summed E-state index contributed by atoms with van der Waals surface area (Å²) in [5.74, 6) is 2.54. The number of hydrogen-bond acceptors (Lipinski definition) is 1. The predicted octanol–water partition coefficient (Wildman–Crippen LogP) is 3.84. The first kappa shape index (κ1) is 15.9. The first-order valence-electron chi connectivity index (χ1n) is 6.19. The lowest BCUT2D eigenvalue weighted by atomic mass is 9.93. The van der Waals surface area contributed by atoms with Crippen LogP contribution in [0.25, 0.3) is 0 Å². The Labute approximate surface area is 124 Å². The van der Waals surface area contributed by atoms with E-state index in [1.807, 2.05) is 13.8 Å². The molecule has 1 N–H and O–H groups in total. The molecule has 0 aliphatic heterocycles. The average Bonchev–Trinajstić information content (AvgIpc) is 2.39. The summed E-state index contributed by atoms with van der Waals surface area (Å²) in [7, 11) is 0. The van der Waals surface area contributed by atoms with E-state index in [9.17, 15) is 4.79 Å². The quantitative estimate of drug-likeness (QED) is 0.822. The lowest BCUT2D eigenvalue weighted by molar-refractivity contribution is -0.121. The molecule has 0 aliphatic rings. The largest absolute Gasteiger partial charge is 0.340 e. The van der Waals surface area contributed by atoms with E-state index >= 15 is 0 Å². The maximum absolute atomic E-state index is 12.0. The van der Waals surface area contributed by atoms with Gasteiger partial charge in [-0.3, -0.25) is 4.79 Å². The van der Waals surface area contributed by atoms with E-state index in [2.05, 4.69) is 11.2 Å². The first-order chi connectivity index (χ1) is 8.96. The molecule has 0 aliphatic carbocycles. The van der Waals surface area contributed by atoms with Crippen LogP contribution in [0.1, 0.15) is 32.3 Å². The Morgan fingerprint density at radius 2 is 2.00 bits per heavy atom. The fourth-order valence-corrected chi connectivity index (χ4v) is 2.29. The highest BCUT2D eigenvalue weighted by atomic mass is 35.5. The molecule has 102 valence electrons. The summed E-state index contributed by atoms with van der Waals surface area (Å²) in [4.78, 5) is 12.0. The van der Waals surface area contributed by atoms with Gasteiger partial charge in [0.05, 0.1) is 6.42 Å². The molecule has 0 radical (unpaired) electrons. The van der Waals surface area contributed by atoms with E-state index in [1.165, 1.54) is 0 Å². The summed E-state index contributed by atoms with van der Waals surface area (Å²) in [5, 5.41) is 3.94. The molecule has 0 unspecified atom stereocenters. The molecule has 4 heteroatoms. The number of hydrogen-bond donors (Lipinski definition) is 1. The zero-order chi connectivity index (χ0) is 14.5. The lowest BCUT2D eigenvalue weighted by Crippen LogP contribution is -2.47. The summed E-state index contributed by atoms with van der Waals surface area (Å²) >= 11 is 11.9. The van der Waals surface area contributed by atoms with Crippen molar-refractivity contribution < 1.29 is 4.79 Å². The fourth-order valence-electron chi connectivity index (χ4n) is 1.82. The highest BCUT2D eigenvalue weighted by molar-refractivity contribution is 6.35. The van der Waals surface area contributed by atoms with Crippen LogP contribution in [0, 0.1) is 12.3 Å². The van der Waals surface area contributed by atoms with Gasteiger partial charge in [-0.25, -0.2) is 0 Å². The van der Waals surface area contributed by atoms with Gasteiger partial charge in [-0.1, -0.05) is 49.0 Å². The van der Waals surface area contributed by atoms with Gasteiger partial charge in [0, 0.05) is 10.0 Å². The second-order valence-corrected chi connectivity index (χ2v) is 5.24. The lowest BCUT2D eigenvalue weighted by Gasteiger charge is -2.27. The predicted molar refractivity (Wildman–Crippen MR) is 80.5 cm³/mol. The van der Waals surface area contributed by atoms with E-state index in [0.29, 0.717) is 22.9 Å². The number of rotatable bonds is 5. The Kier molecular flexibility index (Phi) is 5.72. The molecule has 0 heterocycles. The molecule has 1 rings (SSSR count). The van der Waals surface area contributed by atoms with Crippen LogP contribution in [0.3, 0.4) is 0 Å². The Morgan fingerprint density at radius 1 is 1.37 bits per heavy atom. The van der Waals surface area contributed by atoms with Crippen LogP contribution >= 0.6 is 23.2 Å². The number of amides is 1. The van der Waals surface area contributed by atoms with Crippen molar-refractivity contribution in [2.24, 2.45) is 0 Å². The Morgan fingerprint density at radius 3 is 2.47 bits per heavy atom. The SMILES string of the molecule is C#CC(CC)(CC)NC(=O)Cc1ccc(Cl)cc1Cl. The van der Waals surface area contributed by atoms with Crippen LogP contribution in [0.15, 0.2) is 18.2 Å². The highest BCUT2D eigenvalue weighted by Crippen LogP contribution is 2.22. The Balaban J connectivity index is 2.78. The van der Waals surface area contributed by atoms with Crippen molar-refractivity contribution in [2.75, 3.05) is 0 Å². The minimum Gasteiger partial charge on any atom is -0.340 e. The molecule has 19 heavy (non-hydrogen) atoms. The van der Waals surface area contributed by atoms with Crippen molar-refractivity contribution in [2.45, 2.75) is 38.6 Å². The van der Waals surface area contributed by atoms with E-state index in [0.717, 1.165) is 5.56 Å². The third-order valence-corrected chi connectivity index (χ3v) is 3.82. The van der Waals surface area contributed by atoms with Crippen molar-refractivity contribution in [3.05, 3.63) is 33.8 Å². The van der Waals surface area contributed by atoms with E-state index in [-0.39, 0.29) is 12.3 Å². The number of nitrogens with one attached hydrogen (secondary N) is 1. The van der Waals surface area contributed by atoms with Crippen LogP contribution in [-0.4, -0.2) is 11.4 Å². The summed E-state index contributed by atoms with van der Waals surface area (Å²) in [6, 6.07) is 5.09. The van der Waals surface area contributed by atoms with Crippen LogP contribution in [0.5, 0.6) is 0 Å². The van der Waals surface area contributed by atoms with Crippen molar-refractivity contribution in [3.63, 3.8) is 0 Å². The smallest absolute Gasteiger partial charge is 0.225 e. The monoisotopic (exact) mass is 297 g/mol. The molecular weight excluding hydrogens is 281 g/mol. The molecule has 0 bridgehead atoms. The molecule has 0 aromatic heterocycles. The third-order valence-electron chi connectivity index (χ3n) is 3.23. The summed E-state index contributed by atoms with van der Waals surface area (Å²) in [5.41, 5.74) is 0.164. The molecule has 1 aromatic rings. The van der Waals surface area contributed by atoms with Gasteiger partial charge in [0.1, 0.15) is 5.54 Å². The minimum atomic E-state index is -0.573. The number of carbonyl (C=O) groups is 1. The average molecular weight is 298 g/mol. The van der Waals surface area contributed by atoms with Crippen molar-refractivity contribution in [1.29, 1.82) is 0 Å². The molecule has 0 saturated carbocycles. The second kappa shape index (κ2) is 6.84. The number of benzene rings is 1. The molecule has 1 amide bonds. The molecule has 2 nitrogen and oxygen atoms in total. The van der Waals surface area contributed by atoms with Crippen molar-refractivity contribution in [3.8, 4) is 12.3 Å². The van der Waals surface area contributed by atoms with E-state index in [1.54, 1.807) is 18.2 Å². The molecule has 0 spiro atoms. The standard InChI is InChI=1S/C15H17Cl2NO/c1-4-15(5-2,6-3)18-14(19)9-11-7-8-12(16)10-13(11)17/h1,7-8,10H,5-6,9H2,2-3H3,(H,18,19). The zero-order valence-corrected chi connectivity index (χ0v) is 12.6. The maximum atomic E-state index is 12.0. The summed E-state index contributed by atoms with van der Waals surface area (Å²) in [6.07, 6.45) is 7.09. The van der Waals surface area contributed by atoms with Crippen LogP contribution in [0.4, 0.5) is 0 Å². The Bertz CT molecular complexity index is 501. The van der Waals surface area contributed by atoms with Gasteiger partial charge in [-0.05, 0) is 30.5 Å². The molecular formula is C15H17Cl2NO. The zero-order valence-electron chi connectivity index (χ0n) is 11.1. The number of terminal acetylenes is 1. The molecule has 0 fully saturated rings. The molecule has 1 aromatic carbocycles. The number of halogens is 2. The van der Waals surface area contributed by atoms with Gasteiger partial charge in [0.15, 0.2) is 0 Å². The normalized spacial score (nSPS) is 10.9. The van der Waals surface area contributed by atoms with Gasteiger partial charge in [0.25, 0.3) is 0 Å². The second-order valence-electron chi connectivity index (χ2n) is 4.39. The molecule has 0 atom stereocenters. The van der Waals surface area contributed by atoms with Gasteiger partial charge in [0.2, 0.25) is 5.91 Å². The topological polar surface area (TPSA) is 29.1 Å². The van der Waals surface area contributed by atoms with Gasteiger partial charge in [-0.2, -0.15) is 0 Å². The van der Waals surface area contributed by atoms with Crippen LogP contribution in [-0.2, 0) is 11.2 Å². The summed E-state index contributed by atoms with van der Waals surface area (Å²) < 4.78 is 0. The third kappa shape index (κ3) is 4.16. The van der Waals surface area contributed by atoms with Gasteiger partial charge >= 0.3 is 0 Å². The number of carbonyl (C=O) groups excluding carboxylic acids is 1. The molecule has 0 saturated heterocycles. The van der Waals surface area contributed by atoms with Crippen molar-refractivity contribution in [1.82, 2.24) is 5.32 Å². The van der Waals surface area contributed by atoms with E-state index in [4.69, 9.17) is 29.6 Å². The minimum absolute atomic E-state index is 0.133. The first-order valence-corrected chi connectivity index (χ1v) is 6.94. The van der Waals surface area contributed by atoms with Crippen LogP contribution in [0.2, 0.25) is 10.0 Å². The van der Waals surface area contributed by atoms with Gasteiger partial charge < -0.3 is 5.32 Å². The highest BCUT2D eigenvalue weighted by Gasteiger charge is 2.25. The van der Waals surface area contributed by atoms with Gasteiger partial charge in [-0.15, -0.1) is 6.42 Å². The van der Waals surface area contributed by atoms with Crippen LogP contribution < -0.4 is 5.32 Å². The van der Waals surface area contributed by atoms with E-state index < -0.39 is 5.54 Å². The van der Waals surface area contributed by atoms with Crippen molar-refractivity contribution >= 4 is 29.1 Å². The maximum Gasteiger partial charge on any atom is 0.225 e. The summed E-state index contributed by atoms with van der Waals surface area (Å²) in [6.45, 7) is 3.91. The fraction of sp³-hybridized carbons (Fsp3) is 0.400.